The molecule has 0 aromatic carbocycles. The average Bonchev–Trinajstić information content (AvgIpc) is 2.36. The van der Waals surface area contributed by atoms with Gasteiger partial charge in [-0.2, -0.15) is 0 Å². The summed E-state index contributed by atoms with van der Waals surface area (Å²) in [6, 6.07) is 2.59. The highest BCUT2D eigenvalue weighted by Crippen LogP contribution is 2.21. The van der Waals surface area contributed by atoms with E-state index in [-0.39, 0.29) is 17.0 Å². The van der Waals surface area contributed by atoms with Gasteiger partial charge in [0.1, 0.15) is 11.7 Å². The zero-order chi connectivity index (χ0) is 16.2. The fourth-order valence-corrected chi connectivity index (χ4v) is 1.90. The fourth-order valence-electron chi connectivity index (χ4n) is 1.90. The summed E-state index contributed by atoms with van der Waals surface area (Å²) in [5.74, 6) is -1.30. The van der Waals surface area contributed by atoms with E-state index < -0.39 is 17.9 Å². The lowest BCUT2D eigenvalue weighted by molar-refractivity contribution is -0.139. The SMILES string of the molecule is CC(C)CC(NC(=O)c1ccc(C(C)(C)C)cn1)C(=O)O. The zero-order valence-corrected chi connectivity index (χ0v) is 13.3. The van der Waals surface area contributed by atoms with Gasteiger partial charge in [0.15, 0.2) is 0 Å². The van der Waals surface area contributed by atoms with Crippen LogP contribution in [-0.4, -0.2) is 28.0 Å². The predicted octanol–water partition coefficient (Wildman–Crippen LogP) is 2.61. The minimum atomic E-state index is -1.02. The first-order chi connectivity index (χ1) is 9.61. The lowest BCUT2D eigenvalue weighted by atomic mass is 9.88. The molecule has 0 saturated carbocycles. The number of nitrogens with one attached hydrogen (secondary N) is 1. The Bertz CT molecular complexity index is 501. The third kappa shape index (κ3) is 5.17. The number of amides is 1. The van der Waals surface area contributed by atoms with E-state index in [0.717, 1.165) is 5.56 Å². The number of aromatic nitrogens is 1. The van der Waals surface area contributed by atoms with Crippen LogP contribution in [0.15, 0.2) is 18.3 Å². The van der Waals surface area contributed by atoms with Crippen molar-refractivity contribution in [3.05, 3.63) is 29.6 Å². The summed E-state index contributed by atoms with van der Waals surface area (Å²) in [5, 5.41) is 11.7. The van der Waals surface area contributed by atoms with Gasteiger partial charge in [-0.1, -0.05) is 40.7 Å². The molecule has 0 aliphatic rings. The third-order valence-corrected chi connectivity index (χ3v) is 3.17. The summed E-state index contributed by atoms with van der Waals surface area (Å²) >= 11 is 0. The van der Waals surface area contributed by atoms with Crippen LogP contribution in [0.2, 0.25) is 0 Å². The number of carboxylic acids is 1. The van der Waals surface area contributed by atoms with E-state index in [0.29, 0.717) is 6.42 Å². The highest BCUT2D eigenvalue weighted by atomic mass is 16.4. The van der Waals surface area contributed by atoms with Gasteiger partial charge < -0.3 is 10.4 Å². The average molecular weight is 292 g/mol. The fraction of sp³-hybridized carbons (Fsp3) is 0.562. The molecule has 0 fully saturated rings. The number of nitrogens with zero attached hydrogens (tertiary/aromatic N) is 1. The Hall–Kier alpha value is -1.91. The molecule has 0 radical (unpaired) electrons. The first-order valence-electron chi connectivity index (χ1n) is 7.11. The van der Waals surface area contributed by atoms with Gasteiger partial charge in [-0.3, -0.25) is 9.78 Å². The van der Waals surface area contributed by atoms with Crippen molar-refractivity contribution in [3.63, 3.8) is 0 Å². The standard InChI is InChI=1S/C16H24N2O3/c1-10(2)8-13(15(20)21)18-14(19)12-7-6-11(9-17-12)16(3,4)5/h6-7,9-10,13H,8H2,1-5H3,(H,18,19)(H,20,21). The normalized spacial score (nSPS) is 13.0. The molecule has 1 aromatic heterocycles. The van der Waals surface area contributed by atoms with Crippen molar-refractivity contribution in [1.82, 2.24) is 10.3 Å². The molecule has 1 atom stereocenters. The molecule has 0 aliphatic carbocycles. The molecule has 1 unspecified atom stereocenters. The van der Waals surface area contributed by atoms with Crippen LogP contribution in [-0.2, 0) is 10.2 Å². The topological polar surface area (TPSA) is 79.3 Å². The Morgan fingerprint density at radius 1 is 1.29 bits per heavy atom. The molecule has 2 N–H and O–H groups in total. The van der Waals surface area contributed by atoms with Crippen molar-refractivity contribution in [2.45, 2.75) is 52.5 Å². The molecule has 1 rings (SSSR count). The summed E-state index contributed by atoms with van der Waals surface area (Å²) in [7, 11) is 0. The summed E-state index contributed by atoms with van der Waals surface area (Å²) in [5.41, 5.74) is 1.22. The van der Waals surface area contributed by atoms with Crippen molar-refractivity contribution in [1.29, 1.82) is 0 Å². The Morgan fingerprint density at radius 3 is 2.29 bits per heavy atom. The van der Waals surface area contributed by atoms with Crippen LogP contribution in [0.25, 0.3) is 0 Å². The molecule has 1 amide bonds. The van der Waals surface area contributed by atoms with Crippen LogP contribution in [0.1, 0.15) is 57.1 Å². The molecule has 1 aromatic rings. The maximum Gasteiger partial charge on any atom is 0.326 e. The monoisotopic (exact) mass is 292 g/mol. The van der Waals surface area contributed by atoms with Gasteiger partial charge in [0.2, 0.25) is 0 Å². The van der Waals surface area contributed by atoms with E-state index in [1.54, 1.807) is 12.3 Å². The largest absolute Gasteiger partial charge is 0.480 e. The predicted molar refractivity (Wildman–Crippen MR) is 81.3 cm³/mol. The molecule has 0 saturated heterocycles. The zero-order valence-electron chi connectivity index (χ0n) is 13.3. The van der Waals surface area contributed by atoms with Crippen molar-refractivity contribution in [3.8, 4) is 0 Å². The van der Waals surface area contributed by atoms with Crippen LogP contribution in [0, 0.1) is 5.92 Å². The summed E-state index contributed by atoms with van der Waals surface area (Å²) < 4.78 is 0. The Morgan fingerprint density at radius 2 is 1.90 bits per heavy atom. The van der Waals surface area contributed by atoms with Gasteiger partial charge in [-0.05, 0) is 29.4 Å². The van der Waals surface area contributed by atoms with Crippen molar-refractivity contribution in [2.75, 3.05) is 0 Å². The van der Waals surface area contributed by atoms with E-state index in [4.69, 9.17) is 5.11 Å². The number of hydrogen-bond donors (Lipinski definition) is 2. The first kappa shape index (κ1) is 17.1. The number of carbonyl (C=O) groups is 2. The van der Waals surface area contributed by atoms with Gasteiger partial charge >= 0.3 is 5.97 Å². The van der Waals surface area contributed by atoms with Gasteiger partial charge in [-0.15, -0.1) is 0 Å². The van der Waals surface area contributed by atoms with Gasteiger partial charge in [0.25, 0.3) is 5.91 Å². The lowest BCUT2D eigenvalue weighted by Crippen LogP contribution is -2.41. The van der Waals surface area contributed by atoms with Crippen LogP contribution < -0.4 is 5.32 Å². The lowest BCUT2D eigenvalue weighted by Gasteiger charge is -2.19. The van der Waals surface area contributed by atoms with Crippen molar-refractivity contribution in [2.24, 2.45) is 5.92 Å². The van der Waals surface area contributed by atoms with E-state index in [1.807, 2.05) is 19.9 Å². The van der Waals surface area contributed by atoms with Gasteiger partial charge in [0, 0.05) is 6.20 Å². The van der Waals surface area contributed by atoms with Crippen molar-refractivity contribution < 1.29 is 14.7 Å². The molecule has 116 valence electrons. The second-order valence-electron chi connectivity index (χ2n) is 6.68. The second-order valence-corrected chi connectivity index (χ2v) is 6.68. The van der Waals surface area contributed by atoms with Crippen molar-refractivity contribution >= 4 is 11.9 Å². The Labute approximate surface area is 125 Å². The number of aliphatic carboxylic acids is 1. The van der Waals surface area contributed by atoms with Crippen LogP contribution in [0.3, 0.4) is 0 Å². The summed E-state index contributed by atoms with van der Waals surface area (Å²) in [6.07, 6.45) is 2.05. The quantitative estimate of drug-likeness (QED) is 0.874. The number of carboxylic acid groups (broad SMARTS) is 1. The van der Waals surface area contributed by atoms with E-state index in [9.17, 15) is 9.59 Å². The number of carbonyl (C=O) groups excluding carboxylic acids is 1. The minimum Gasteiger partial charge on any atom is -0.480 e. The van der Waals surface area contributed by atoms with E-state index in [1.165, 1.54) is 0 Å². The Kier molecular flexibility index (Phi) is 5.47. The van der Waals surface area contributed by atoms with Crippen LogP contribution in [0.4, 0.5) is 0 Å². The smallest absolute Gasteiger partial charge is 0.326 e. The number of hydrogen-bond acceptors (Lipinski definition) is 3. The molecule has 5 nitrogen and oxygen atoms in total. The van der Waals surface area contributed by atoms with Crippen LogP contribution in [0.5, 0.6) is 0 Å². The molecule has 1 heterocycles. The summed E-state index contributed by atoms with van der Waals surface area (Å²) in [6.45, 7) is 10.0. The maximum absolute atomic E-state index is 12.1. The second kappa shape index (κ2) is 6.70. The third-order valence-electron chi connectivity index (χ3n) is 3.17. The van der Waals surface area contributed by atoms with E-state index >= 15 is 0 Å². The highest BCUT2D eigenvalue weighted by molar-refractivity contribution is 5.94. The molecule has 21 heavy (non-hydrogen) atoms. The number of pyridine rings is 1. The molecular formula is C16H24N2O3. The maximum atomic E-state index is 12.1. The number of rotatable bonds is 5. The van der Waals surface area contributed by atoms with E-state index in [2.05, 4.69) is 31.1 Å². The minimum absolute atomic E-state index is 0.0384. The first-order valence-corrected chi connectivity index (χ1v) is 7.11. The summed E-state index contributed by atoms with van der Waals surface area (Å²) in [4.78, 5) is 27.3. The molecule has 0 aliphatic heterocycles. The van der Waals surface area contributed by atoms with Gasteiger partial charge in [0.05, 0.1) is 0 Å². The van der Waals surface area contributed by atoms with Crippen LogP contribution >= 0.6 is 0 Å². The molecule has 0 spiro atoms. The highest BCUT2D eigenvalue weighted by Gasteiger charge is 2.22. The molecule has 5 heteroatoms. The molecular weight excluding hydrogens is 268 g/mol. The Balaban J connectivity index is 2.81. The van der Waals surface area contributed by atoms with Gasteiger partial charge in [-0.25, -0.2) is 4.79 Å². The molecule has 0 bridgehead atoms.